The summed E-state index contributed by atoms with van der Waals surface area (Å²) in [5.74, 6) is 1.66. The first-order chi connectivity index (χ1) is 13.5. The van der Waals surface area contributed by atoms with Crippen molar-refractivity contribution in [2.24, 2.45) is 0 Å². The molecule has 1 aliphatic heterocycles. The summed E-state index contributed by atoms with van der Waals surface area (Å²) in [4.78, 5) is 0. The summed E-state index contributed by atoms with van der Waals surface area (Å²) in [5.41, 5.74) is 4.25. The molecule has 0 atom stereocenters. The zero-order valence-corrected chi connectivity index (χ0v) is 16.0. The lowest BCUT2D eigenvalue weighted by molar-refractivity contribution is 0.417. The fourth-order valence-corrected chi connectivity index (χ4v) is 3.78. The molecule has 0 aromatic heterocycles. The molecule has 0 aliphatic carbocycles. The molecule has 0 bridgehead atoms. The fraction of sp³-hybridized carbons (Fsp3) is 0.120. The molecule has 138 valence electrons. The van der Waals surface area contributed by atoms with Gasteiger partial charge in [0.25, 0.3) is 0 Å². The molecule has 28 heavy (non-hydrogen) atoms. The van der Waals surface area contributed by atoms with Gasteiger partial charge >= 0.3 is 0 Å². The van der Waals surface area contributed by atoms with Crippen molar-refractivity contribution in [2.75, 3.05) is 0 Å². The van der Waals surface area contributed by atoms with Gasteiger partial charge in [0, 0.05) is 22.1 Å². The van der Waals surface area contributed by atoms with E-state index in [0.717, 1.165) is 33.8 Å². The van der Waals surface area contributed by atoms with Crippen molar-refractivity contribution in [3.63, 3.8) is 0 Å². The maximum Gasteiger partial charge on any atom is 0.132 e. The van der Waals surface area contributed by atoms with Crippen LogP contribution in [0.25, 0.3) is 0 Å². The summed E-state index contributed by atoms with van der Waals surface area (Å²) in [6.45, 7) is 4.33. The van der Waals surface area contributed by atoms with Crippen LogP contribution in [0.3, 0.4) is 0 Å². The van der Waals surface area contributed by atoms with Crippen LogP contribution in [0.5, 0.6) is 11.5 Å². The summed E-state index contributed by atoms with van der Waals surface area (Å²) in [5, 5.41) is 16.9. The summed E-state index contributed by atoms with van der Waals surface area (Å²) < 4.78 is 6.14. The minimum absolute atomic E-state index is 0.284. The highest BCUT2D eigenvalue weighted by Gasteiger charge is 2.36. The molecule has 3 aromatic rings. The summed E-state index contributed by atoms with van der Waals surface area (Å²) >= 11 is 0. The fourth-order valence-electron chi connectivity index (χ4n) is 3.78. The Bertz CT molecular complexity index is 1090. The van der Waals surface area contributed by atoms with Gasteiger partial charge in [-0.2, -0.15) is 0 Å². The Labute approximate surface area is 165 Å². The van der Waals surface area contributed by atoms with E-state index in [4.69, 9.17) is 15.6 Å². The monoisotopic (exact) mass is 366 g/mol. The minimum atomic E-state index is -0.284. The second kappa shape index (κ2) is 6.93. The number of ether oxygens (including phenoxy) is 1. The molecule has 0 unspecified atom stereocenters. The Morgan fingerprint density at radius 1 is 0.750 bits per heavy atom. The van der Waals surface area contributed by atoms with Gasteiger partial charge in [-0.15, -0.1) is 0 Å². The quantitative estimate of drug-likeness (QED) is 0.538. The lowest BCUT2D eigenvalue weighted by Gasteiger charge is -2.36. The van der Waals surface area contributed by atoms with Crippen molar-refractivity contribution in [1.82, 2.24) is 0 Å². The van der Waals surface area contributed by atoms with Crippen molar-refractivity contribution in [3.8, 4) is 11.5 Å². The molecule has 2 N–H and O–H groups in total. The first-order valence-corrected chi connectivity index (χ1v) is 9.30. The maximum atomic E-state index is 8.65. The molecule has 0 spiro atoms. The van der Waals surface area contributed by atoms with E-state index in [1.165, 1.54) is 0 Å². The van der Waals surface area contributed by atoms with Gasteiger partial charge in [-0.25, -0.2) is 0 Å². The molecule has 0 saturated heterocycles. The smallest absolute Gasteiger partial charge is 0.132 e. The molecule has 0 saturated carbocycles. The third kappa shape index (κ3) is 3.05. The van der Waals surface area contributed by atoms with Crippen molar-refractivity contribution in [2.45, 2.75) is 19.3 Å². The number of nitrogens with one attached hydrogen (secondary N) is 2. The second-order valence-electron chi connectivity index (χ2n) is 7.43. The van der Waals surface area contributed by atoms with Gasteiger partial charge in [-0.3, -0.25) is 0 Å². The van der Waals surface area contributed by atoms with E-state index in [1.807, 2.05) is 66.7 Å². The molecule has 3 heteroatoms. The predicted molar refractivity (Wildman–Crippen MR) is 114 cm³/mol. The maximum absolute atomic E-state index is 8.65. The molecule has 1 heterocycles. The third-order valence-corrected chi connectivity index (χ3v) is 5.22. The number of hydrogen-bond donors (Lipinski definition) is 2. The van der Waals surface area contributed by atoms with E-state index in [0.29, 0.717) is 11.4 Å². The SMILES string of the molecule is CC1(C)c2ccccc2Oc2cccc(C(=N)/C=C\C(=N)c3ccccc3)c21. The van der Waals surface area contributed by atoms with Crippen LogP contribution < -0.4 is 4.74 Å². The van der Waals surface area contributed by atoms with Crippen LogP contribution in [0.4, 0.5) is 0 Å². The number of para-hydroxylation sites is 1. The molecule has 0 fully saturated rings. The van der Waals surface area contributed by atoms with Crippen molar-refractivity contribution in [1.29, 1.82) is 10.8 Å². The standard InChI is InChI=1S/C25H22N2O/c1-25(2)19-12-6-7-13-22(19)28-23-14-8-11-18(24(23)25)21(27)16-15-20(26)17-9-4-3-5-10-17/h3-16,26-27H,1-2H3/b16-15-,26-20?,27-21?. The van der Waals surface area contributed by atoms with E-state index in [2.05, 4.69) is 19.9 Å². The summed E-state index contributed by atoms with van der Waals surface area (Å²) in [6.07, 6.45) is 3.38. The number of hydrogen-bond acceptors (Lipinski definition) is 3. The van der Waals surface area contributed by atoms with Gasteiger partial charge < -0.3 is 15.6 Å². The number of allylic oxidation sites excluding steroid dienone is 2. The van der Waals surface area contributed by atoms with E-state index in [9.17, 15) is 0 Å². The number of fused-ring (bicyclic) bond motifs is 2. The highest BCUT2D eigenvalue weighted by molar-refractivity contribution is 6.14. The van der Waals surface area contributed by atoms with Gasteiger partial charge in [-0.1, -0.05) is 74.5 Å². The first-order valence-electron chi connectivity index (χ1n) is 9.30. The molecule has 3 aromatic carbocycles. The summed E-state index contributed by atoms with van der Waals surface area (Å²) in [7, 11) is 0. The van der Waals surface area contributed by atoms with E-state index >= 15 is 0 Å². The van der Waals surface area contributed by atoms with Crippen molar-refractivity contribution in [3.05, 3.63) is 107 Å². The predicted octanol–water partition coefficient (Wildman–Crippen LogP) is 6.11. The van der Waals surface area contributed by atoms with E-state index < -0.39 is 0 Å². The van der Waals surface area contributed by atoms with Crippen LogP contribution in [-0.2, 0) is 5.41 Å². The lowest BCUT2D eigenvalue weighted by Crippen LogP contribution is -2.27. The Hall–Kier alpha value is -3.46. The highest BCUT2D eigenvalue weighted by Crippen LogP contribution is 2.49. The van der Waals surface area contributed by atoms with Crippen LogP contribution in [0.15, 0.2) is 84.9 Å². The van der Waals surface area contributed by atoms with Crippen molar-refractivity contribution >= 4 is 11.4 Å². The van der Waals surface area contributed by atoms with E-state index in [1.54, 1.807) is 12.2 Å². The van der Waals surface area contributed by atoms with Crippen LogP contribution in [0, 0.1) is 10.8 Å². The van der Waals surface area contributed by atoms with Crippen LogP contribution in [-0.4, -0.2) is 11.4 Å². The van der Waals surface area contributed by atoms with Gasteiger partial charge in [0.05, 0.1) is 11.4 Å². The Morgan fingerprint density at radius 3 is 2.18 bits per heavy atom. The first kappa shape index (κ1) is 17.9. The van der Waals surface area contributed by atoms with Gasteiger partial charge in [0.1, 0.15) is 11.5 Å². The third-order valence-electron chi connectivity index (χ3n) is 5.22. The average molecular weight is 366 g/mol. The molecule has 3 nitrogen and oxygen atoms in total. The van der Waals surface area contributed by atoms with Gasteiger partial charge in [0.15, 0.2) is 0 Å². The zero-order valence-electron chi connectivity index (χ0n) is 16.0. The highest BCUT2D eigenvalue weighted by atomic mass is 16.5. The minimum Gasteiger partial charge on any atom is -0.457 e. The zero-order chi connectivity index (χ0) is 19.7. The van der Waals surface area contributed by atoms with Gasteiger partial charge in [0.2, 0.25) is 0 Å². The second-order valence-corrected chi connectivity index (χ2v) is 7.43. The van der Waals surface area contributed by atoms with Crippen LogP contribution in [0.2, 0.25) is 0 Å². The molecule has 0 radical (unpaired) electrons. The molecule has 0 amide bonds. The molecular weight excluding hydrogens is 344 g/mol. The largest absolute Gasteiger partial charge is 0.457 e. The number of rotatable bonds is 4. The van der Waals surface area contributed by atoms with Crippen LogP contribution in [0.1, 0.15) is 36.1 Å². The molecule has 4 rings (SSSR count). The Morgan fingerprint density at radius 2 is 1.39 bits per heavy atom. The molecular formula is C25H22N2O. The normalized spacial score (nSPS) is 14.1. The lowest BCUT2D eigenvalue weighted by atomic mass is 9.73. The topological polar surface area (TPSA) is 56.9 Å². The average Bonchev–Trinajstić information content (AvgIpc) is 2.72. The Balaban J connectivity index is 1.71. The summed E-state index contributed by atoms with van der Waals surface area (Å²) in [6, 6.07) is 23.4. The number of benzene rings is 3. The Kier molecular flexibility index (Phi) is 4.44. The van der Waals surface area contributed by atoms with Crippen LogP contribution >= 0.6 is 0 Å². The van der Waals surface area contributed by atoms with E-state index in [-0.39, 0.29) is 5.41 Å². The van der Waals surface area contributed by atoms with Gasteiger partial charge in [-0.05, 0) is 29.8 Å². The van der Waals surface area contributed by atoms with Crippen molar-refractivity contribution < 1.29 is 4.74 Å². The molecule has 1 aliphatic rings.